The highest BCUT2D eigenvalue weighted by molar-refractivity contribution is 8.76. The molecule has 0 heterocycles. The van der Waals surface area contributed by atoms with Crippen molar-refractivity contribution >= 4 is 30.1 Å². The molecule has 0 amide bonds. The summed E-state index contributed by atoms with van der Waals surface area (Å²) in [6, 6.07) is 34.8. The summed E-state index contributed by atoms with van der Waals surface area (Å²) in [4.78, 5) is 0. The second-order valence-electron chi connectivity index (χ2n) is 12.5. The van der Waals surface area contributed by atoms with Crippen LogP contribution in [0, 0.1) is 11.3 Å². The average molecular weight is 709 g/mol. The van der Waals surface area contributed by atoms with Crippen LogP contribution in [-0.4, -0.2) is 48.1 Å². The monoisotopic (exact) mass is 708 g/mol. The van der Waals surface area contributed by atoms with Crippen LogP contribution in [0.2, 0.25) is 0 Å². The van der Waals surface area contributed by atoms with Gasteiger partial charge in [-0.2, -0.15) is 5.26 Å². The number of ether oxygens (including phenoxy) is 1. The second-order valence-corrected chi connectivity index (χ2v) is 16.6. The number of nitrogens with zero attached hydrogens (tertiary/aromatic N) is 2. The maximum absolute atomic E-state index is 8.88. The van der Waals surface area contributed by atoms with Crippen LogP contribution in [0.4, 0.5) is 0 Å². The van der Waals surface area contributed by atoms with Crippen LogP contribution in [0.15, 0.2) is 91.0 Å². The minimum Gasteiger partial charge on any atom is -0.361 e. The van der Waals surface area contributed by atoms with E-state index < -0.39 is 14.1 Å². The van der Waals surface area contributed by atoms with Crippen LogP contribution in [-0.2, 0) is 19.4 Å². The fraction of sp³-hybridized carbons (Fsp3) is 0.525. The zero-order valence-electron chi connectivity index (χ0n) is 29.6. The van der Waals surface area contributed by atoms with Crippen molar-refractivity contribution in [2.24, 2.45) is 0 Å². The quantitative estimate of drug-likeness (QED) is 0.0356. The summed E-state index contributed by atoms with van der Waals surface area (Å²) in [7, 11) is 2.92. The van der Waals surface area contributed by atoms with Crippen molar-refractivity contribution in [3.05, 3.63) is 108 Å². The van der Waals surface area contributed by atoms with Crippen molar-refractivity contribution < 1.29 is 13.8 Å². The first-order valence-electron chi connectivity index (χ1n) is 17.8. The number of rotatable bonds is 26. The number of nitriles is 1. The van der Waals surface area contributed by atoms with Gasteiger partial charge in [0.2, 0.25) is 0 Å². The first-order chi connectivity index (χ1) is 23.5. The van der Waals surface area contributed by atoms with E-state index in [4.69, 9.17) is 19.0 Å². The van der Waals surface area contributed by atoms with Gasteiger partial charge in [0.15, 0.2) is 0 Å². The highest BCUT2D eigenvalue weighted by Crippen LogP contribution is 2.46. The van der Waals surface area contributed by atoms with Crippen LogP contribution in [0.1, 0.15) is 102 Å². The van der Waals surface area contributed by atoms with Gasteiger partial charge in [-0.1, -0.05) is 138 Å². The van der Waals surface area contributed by atoms with E-state index in [1.54, 1.807) is 0 Å². The SMILES string of the molecule is CC(C)N(C(C)C)P(OCCC#N)OCCCCCCSSCCCCCCOC(c1ccccc1)(c1ccccc1)c1ccccc1. The van der Waals surface area contributed by atoms with Crippen molar-refractivity contribution in [2.45, 2.75) is 103 Å². The summed E-state index contributed by atoms with van der Waals surface area (Å²) in [6.45, 7) is 10.6. The van der Waals surface area contributed by atoms with E-state index in [1.807, 2.05) is 21.6 Å². The first-order valence-corrected chi connectivity index (χ1v) is 21.4. The highest BCUT2D eigenvalue weighted by atomic mass is 33.1. The van der Waals surface area contributed by atoms with E-state index in [2.05, 4.69) is 129 Å². The zero-order chi connectivity index (χ0) is 34.3. The molecule has 0 aromatic heterocycles. The summed E-state index contributed by atoms with van der Waals surface area (Å²) >= 11 is 0. The number of hydrogen-bond donors (Lipinski definition) is 0. The van der Waals surface area contributed by atoms with E-state index in [0.717, 1.165) is 36.1 Å². The molecule has 0 bridgehead atoms. The molecule has 48 heavy (non-hydrogen) atoms. The topological polar surface area (TPSA) is 54.7 Å². The average Bonchev–Trinajstić information content (AvgIpc) is 3.10. The minimum atomic E-state index is -1.12. The van der Waals surface area contributed by atoms with Crippen molar-refractivity contribution in [3.8, 4) is 6.07 Å². The van der Waals surface area contributed by atoms with Gasteiger partial charge in [0.1, 0.15) is 5.60 Å². The van der Waals surface area contributed by atoms with Gasteiger partial charge >= 0.3 is 0 Å². The molecule has 0 aliphatic heterocycles. The molecule has 0 aliphatic rings. The Labute approximate surface area is 300 Å². The fourth-order valence-corrected chi connectivity index (χ4v) is 9.72. The Morgan fingerprint density at radius 1 is 0.604 bits per heavy atom. The third-order valence-corrected chi connectivity index (χ3v) is 12.7. The highest BCUT2D eigenvalue weighted by Gasteiger charge is 2.37. The fourth-order valence-electron chi connectivity index (χ4n) is 5.80. The van der Waals surface area contributed by atoms with Crippen LogP contribution in [0.3, 0.4) is 0 Å². The van der Waals surface area contributed by atoms with Gasteiger partial charge in [0, 0.05) is 30.2 Å². The summed E-state index contributed by atoms with van der Waals surface area (Å²) < 4.78 is 21.4. The molecule has 262 valence electrons. The van der Waals surface area contributed by atoms with Crippen LogP contribution >= 0.6 is 30.1 Å². The van der Waals surface area contributed by atoms with Crippen molar-refractivity contribution in [3.63, 3.8) is 0 Å². The zero-order valence-corrected chi connectivity index (χ0v) is 32.1. The Morgan fingerprint density at radius 2 is 1.02 bits per heavy atom. The van der Waals surface area contributed by atoms with Crippen molar-refractivity contribution in [2.75, 3.05) is 31.3 Å². The maximum atomic E-state index is 8.88. The predicted molar refractivity (Wildman–Crippen MR) is 208 cm³/mol. The molecule has 0 saturated carbocycles. The van der Waals surface area contributed by atoms with Gasteiger partial charge in [-0.3, -0.25) is 0 Å². The Hall–Kier alpha value is -1.88. The van der Waals surface area contributed by atoms with E-state index in [0.29, 0.717) is 31.7 Å². The molecule has 0 radical (unpaired) electrons. The first kappa shape index (κ1) is 40.5. The lowest BCUT2D eigenvalue weighted by Gasteiger charge is -2.36. The molecule has 0 N–H and O–H groups in total. The van der Waals surface area contributed by atoms with Crippen molar-refractivity contribution in [1.82, 2.24) is 4.67 Å². The van der Waals surface area contributed by atoms with Crippen LogP contribution in [0.5, 0.6) is 0 Å². The number of benzene rings is 3. The molecular weight excluding hydrogens is 652 g/mol. The summed E-state index contributed by atoms with van der Waals surface area (Å²) in [5, 5.41) is 8.88. The molecule has 0 spiro atoms. The molecule has 0 aliphatic carbocycles. The van der Waals surface area contributed by atoms with E-state index >= 15 is 0 Å². The van der Waals surface area contributed by atoms with Gasteiger partial charge < -0.3 is 13.8 Å². The molecule has 1 atom stereocenters. The molecule has 8 heteroatoms. The minimum absolute atomic E-state index is 0.340. The van der Waals surface area contributed by atoms with Gasteiger partial charge in [0.25, 0.3) is 8.53 Å². The van der Waals surface area contributed by atoms with Crippen LogP contribution in [0.25, 0.3) is 0 Å². The Kier molecular flexibility index (Phi) is 20.5. The predicted octanol–water partition coefficient (Wildman–Crippen LogP) is 11.8. The Bertz CT molecular complexity index is 1160. The smallest absolute Gasteiger partial charge is 0.259 e. The third kappa shape index (κ3) is 13.8. The molecule has 1 unspecified atom stereocenters. The van der Waals surface area contributed by atoms with Gasteiger partial charge in [-0.15, -0.1) is 0 Å². The van der Waals surface area contributed by atoms with E-state index in [-0.39, 0.29) is 0 Å². The van der Waals surface area contributed by atoms with Crippen LogP contribution < -0.4 is 0 Å². The lowest BCUT2D eigenvalue weighted by Crippen LogP contribution is -2.33. The standard InChI is InChI=1S/C40H57N2O3PS2/c1-35(2)42(36(3)4)46(45-32-22-29-41)44-31-19-6-8-21-34-48-47-33-20-7-5-18-30-43-40(37-23-12-9-13-24-37,38-25-14-10-15-26-38)39-27-16-11-17-28-39/h9-17,23-28,35-36H,5-8,18-22,30-34H2,1-4H3. The number of unbranched alkanes of at least 4 members (excludes halogenated alkanes) is 6. The number of hydrogen-bond acceptors (Lipinski definition) is 7. The molecule has 3 rings (SSSR count). The molecule has 3 aromatic carbocycles. The maximum Gasteiger partial charge on any atom is 0.259 e. The molecular formula is C40H57N2O3PS2. The lowest BCUT2D eigenvalue weighted by molar-refractivity contribution is 0.0107. The second kappa shape index (κ2) is 24.3. The molecule has 3 aromatic rings. The third-order valence-electron chi connectivity index (χ3n) is 8.05. The van der Waals surface area contributed by atoms with E-state index in [1.165, 1.54) is 50.0 Å². The summed E-state index contributed by atoms with van der Waals surface area (Å²) in [5.41, 5.74) is 2.87. The van der Waals surface area contributed by atoms with Gasteiger partial charge in [0.05, 0.1) is 25.7 Å². The van der Waals surface area contributed by atoms with Gasteiger partial charge in [-0.25, -0.2) is 4.67 Å². The van der Waals surface area contributed by atoms with Gasteiger partial charge in [-0.05, 0) is 70.1 Å². The summed E-state index contributed by atoms with van der Waals surface area (Å²) in [6.07, 6.45) is 9.83. The van der Waals surface area contributed by atoms with Crippen molar-refractivity contribution in [1.29, 1.82) is 5.26 Å². The molecule has 0 saturated heterocycles. The van der Waals surface area contributed by atoms with E-state index in [9.17, 15) is 0 Å². The lowest BCUT2D eigenvalue weighted by atomic mass is 9.80. The Balaban J connectivity index is 1.28. The normalized spacial score (nSPS) is 12.5. The summed E-state index contributed by atoms with van der Waals surface area (Å²) in [5.74, 6) is 2.41. The largest absolute Gasteiger partial charge is 0.361 e. The molecule has 0 fully saturated rings. The Morgan fingerprint density at radius 3 is 1.46 bits per heavy atom. The molecule has 5 nitrogen and oxygen atoms in total.